The number of piperazine rings is 2. The van der Waals surface area contributed by atoms with Crippen molar-refractivity contribution in [2.75, 3.05) is 68.3 Å². The number of fused-ring (bicyclic) bond motifs is 3. The quantitative estimate of drug-likeness (QED) is 0.0401. The van der Waals surface area contributed by atoms with Gasteiger partial charge in [0.15, 0.2) is 0 Å². The molecule has 12 rings (SSSR count). The molecule has 7 aliphatic rings. The van der Waals surface area contributed by atoms with Crippen LogP contribution in [0.15, 0.2) is 129 Å². The smallest absolute Gasteiger partial charge is 0.380 e. The number of allylic oxidation sites excluding steroid dienone is 1. The second-order valence-corrected chi connectivity index (χ2v) is 29.1. The normalized spacial score (nSPS) is 21.6. The number of sulfone groups is 1. The van der Waals surface area contributed by atoms with E-state index in [9.17, 15) is 54.0 Å². The molecule has 0 radical (unpaired) electrons. The fourth-order valence-corrected chi connectivity index (χ4v) is 15.9. The Kier molecular flexibility index (Phi) is 17.6. The zero-order valence-electron chi connectivity index (χ0n) is 47.7. The highest BCUT2D eigenvalue weighted by Crippen LogP contribution is 2.44. The summed E-state index contributed by atoms with van der Waals surface area (Å²) in [5, 5.41) is 5.83. The van der Waals surface area contributed by atoms with Crippen molar-refractivity contribution in [1.82, 2.24) is 29.6 Å². The topological polar surface area (TPSA) is 206 Å². The number of rotatable bonds is 19. The largest absolute Gasteiger partial charge is 0.501 e. The molecule has 5 saturated heterocycles. The summed E-state index contributed by atoms with van der Waals surface area (Å²) in [6.07, 6.45) is 4.03. The highest BCUT2D eigenvalue weighted by molar-refractivity contribution is 7.99. The molecule has 5 aromatic carbocycles. The number of carbonyl (C=O) groups excluding carboxylic acids is 5. The zero-order chi connectivity index (χ0) is 61.7. The standard InChI is InChI=1S/C62H65ClF4N8O9S3/c1-61(2)22-20-49(39-8-12-42(63)13-9-39)41(32-61)34-71-24-26-73(27-25-71)44-14-10-40(11-15-44)57(77)70-87(83,84)48-16-17-52(54(31-48)86(81,82)62(65,66)67)68-43(37-85-47-6-4-3-5-7-47)21-23-72-35-45-30-46(36-72)74(45)33-38-28-50-56(51(64)29-38)60(80)75(59(50)79)53-18-19-55(76)69-58(53)78/h3-17,28-29,31,43,45-46,53,68H,18-27,30,32-37H2,1-2H3,(H,70,77)(H,69,76,78)/t43-,45?,46?,53?/m1/s1. The molecular formula is C62H65ClF4N8O9S3. The lowest BCUT2D eigenvalue weighted by molar-refractivity contribution is -0.136. The first kappa shape index (κ1) is 62.0. The lowest BCUT2D eigenvalue weighted by Gasteiger charge is -2.56. The molecule has 3 unspecified atom stereocenters. The van der Waals surface area contributed by atoms with Crippen molar-refractivity contribution in [3.8, 4) is 0 Å². The van der Waals surface area contributed by atoms with Gasteiger partial charge in [0.25, 0.3) is 37.6 Å². The molecule has 3 N–H and O–H groups in total. The summed E-state index contributed by atoms with van der Waals surface area (Å²) in [6.45, 7) is 10.2. The summed E-state index contributed by atoms with van der Waals surface area (Å²) in [4.78, 5) is 72.9. The van der Waals surface area contributed by atoms with E-state index in [4.69, 9.17) is 11.6 Å². The Balaban J connectivity index is 0.733. The molecule has 460 valence electrons. The SMILES string of the molecule is CC1(C)CCC(c2ccc(Cl)cc2)=C(CN2CCN(c3ccc(C(=O)NS(=O)(=O)c4ccc(N[C@H](CCN5CC6CC(C5)N6Cc5cc(F)c6c(c5)C(=O)N(C5CCC(=O)NC5=O)C6=O)CSc5ccccc5)c(S(=O)(=O)C(F)(F)F)c4)cc3)CC2)C1. The third-order valence-corrected chi connectivity index (χ3v) is 21.7. The van der Waals surface area contributed by atoms with Crippen LogP contribution < -0.4 is 20.3 Å². The molecule has 0 aromatic heterocycles. The number of carbonyl (C=O) groups is 5. The number of alkyl halides is 3. The fraction of sp³-hybridized carbons (Fsp3) is 0.403. The number of amides is 5. The Hall–Kier alpha value is -6.67. The van der Waals surface area contributed by atoms with Gasteiger partial charge in [-0.15, -0.1) is 11.8 Å². The van der Waals surface area contributed by atoms with Gasteiger partial charge in [-0.3, -0.25) is 44.0 Å². The van der Waals surface area contributed by atoms with E-state index >= 15 is 4.39 Å². The summed E-state index contributed by atoms with van der Waals surface area (Å²) in [7, 11) is -11.1. The van der Waals surface area contributed by atoms with E-state index in [1.807, 2.05) is 47.2 Å². The molecule has 5 amide bonds. The summed E-state index contributed by atoms with van der Waals surface area (Å²) in [6, 6.07) is 26.5. The lowest BCUT2D eigenvalue weighted by atomic mass is 9.73. The molecule has 5 fully saturated rings. The Morgan fingerprint density at radius 1 is 0.828 bits per heavy atom. The van der Waals surface area contributed by atoms with E-state index in [0.29, 0.717) is 60.7 Å². The van der Waals surface area contributed by atoms with Gasteiger partial charge in [0, 0.05) is 110 Å². The maximum Gasteiger partial charge on any atom is 0.501 e. The minimum Gasteiger partial charge on any atom is -0.380 e. The van der Waals surface area contributed by atoms with Crippen molar-refractivity contribution in [1.29, 1.82) is 0 Å². The number of hydrogen-bond acceptors (Lipinski definition) is 15. The zero-order valence-corrected chi connectivity index (χ0v) is 51.0. The number of imide groups is 2. The van der Waals surface area contributed by atoms with Crippen LogP contribution in [0.4, 0.5) is 28.9 Å². The Morgan fingerprint density at radius 2 is 1.53 bits per heavy atom. The molecule has 25 heteroatoms. The van der Waals surface area contributed by atoms with Crippen molar-refractivity contribution in [3.63, 3.8) is 0 Å². The molecule has 0 spiro atoms. The predicted octanol–water partition coefficient (Wildman–Crippen LogP) is 9.00. The van der Waals surface area contributed by atoms with E-state index in [-0.39, 0.29) is 53.8 Å². The Bertz CT molecular complexity index is 3780. The second-order valence-electron chi connectivity index (χ2n) is 24.0. The van der Waals surface area contributed by atoms with E-state index in [1.54, 1.807) is 12.1 Å². The van der Waals surface area contributed by atoms with E-state index in [1.165, 1.54) is 52.7 Å². The van der Waals surface area contributed by atoms with Gasteiger partial charge in [-0.25, -0.2) is 25.9 Å². The highest BCUT2D eigenvalue weighted by atomic mass is 35.5. The number of nitrogens with zero attached hydrogens (tertiary/aromatic N) is 5. The van der Waals surface area contributed by atoms with Crippen LogP contribution in [-0.2, 0) is 36.0 Å². The summed E-state index contributed by atoms with van der Waals surface area (Å²) >= 11 is 7.59. The summed E-state index contributed by atoms with van der Waals surface area (Å²) in [5.41, 5.74) is -1.53. The number of halogens is 5. The average Bonchev–Trinajstić information content (AvgIpc) is 1.76. The number of hydrogen-bond donors (Lipinski definition) is 3. The van der Waals surface area contributed by atoms with Gasteiger partial charge in [0.05, 0.1) is 21.7 Å². The maximum atomic E-state index is 15.7. The number of benzene rings is 5. The van der Waals surface area contributed by atoms with Crippen LogP contribution in [0, 0.1) is 11.2 Å². The van der Waals surface area contributed by atoms with E-state index in [2.05, 4.69) is 56.2 Å². The number of anilines is 2. The van der Waals surface area contributed by atoms with Crippen LogP contribution in [0.1, 0.15) is 101 Å². The monoisotopic (exact) mass is 1270 g/mol. The highest BCUT2D eigenvalue weighted by Gasteiger charge is 2.50. The van der Waals surface area contributed by atoms with Gasteiger partial charge in [0.2, 0.25) is 11.8 Å². The number of sulfonamides is 1. The van der Waals surface area contributed by atoms with Crippen LogP contribution in [0.2, 0.25) is 5.02 Å². The molecule has 4 atom stereocenters. The van der Waals surface area contributed by atoms with Crippen LogP contribution in [0.3, 0.4) is 0 Å². The second kappa shape index (κ2) is 24.7. The van der Waals surface area contributed by atoms with Gasteiger partial charge >= 0.3 is 5.51 Å². The molecule has 2 bridgehead atoms. The molecule has 0 saturated carbocycles. The van der Waals surface area contributed by atoms with E-state index in [0.717, 1.165) is 68.0 Å². The molecule has 1 aliphatic carbocycles. The third kappa shape index (κ3) is 13.4. The summed E-state index contributed by atoms with van der Waals surface area (Å²) in [5.74, 6) is -4.83. The maximum absolute atomic E-state index is 15.7. The number of thioether (sulfide) groups is 1. The first-order chi connectivity index (χ1) is 41.3. The minimum atomic E-state index is -6.19. The van der Waals surface area contributed by atoms with Crippen molar-refractivity contribution < 1.29 is 58.4 Å². The molecular weight excluding hydrogens is 1210 g/mol. The molecule has 5 aromatic rings. The van der Waals surface area contributed by atoms with Crippen molar-refractivity contribution in [2.45, 2.75) is 110 Å². The van der Waals surface area contributed by atoms with Crippen LogP contribution in [-0.4, -0.2) is 154 Å². The van der Waals surface area contributed by atoms with Gasteiger partial charge in [-0.05, 0) is 140 Å². The van der Waals surface area contributed by atoms with Crippen LogP contribution in [0.25, 0.3) is 5.57 Å². The molecule has 6 heterocycles. The van der Waals surface area contributed by atoms with Gasteiger partial charge in [0.1, 0.15) is 16.8 Å². The van der Waals surface area contributed by atoms with Gasteiger partial charge < -0.3 is 15.1 Å². The van der Waals surface area contributed by atoms with Gasteiger partial charge in [-0.1, -0.05) is 61.4 Å². The fourth-order valence-electron chi connectivity index (χ4n) is 12.8. The number of nitrogens with one attached hydrogen (secondary N) is 3. The molecule has 87 heavy (non-hydrogen) atoms. The third-order valence-electron chi connectivity index (χ3n) is 17.4. The lowest BCUT2D eigenvalue weighted by Crippen LogP contribution is -2.68. The number of piperidine rings is 2. The average molecular weight is 1270 g/mol. The van der Waals surface area contributed by atoms with E-state index < -0.39 is 93.8 Å². The first-order valence-corrected chi connectivity index (χ1v) is 33.2. The predicted molar refractivity (Wildman–Crippen MR) is 322 cm³/mol. The molecule has 6 aliphatic heterocycles. The van der Waals surface area contributed by atoms with Crippen LogP contribution >= 0.6 is 23.4 Å². The van der Waals surface area contributed by atoms with Crippen molar-refractivity contribution in [2.24, 2.45) is 5.41 Å². The van der Waals surface area contributed by atoms with Gasteiger partial charge in [-0.2, -0.15) is 13.2 Å². The van der Waals surface area contributed by atoms with Crippen molar-refractivity contribution in [3.05, 3.63) is 153 Å². The Morgan fingerprint density at radius 3 is 2.21 bits per heavy atom. The summed E-state index contributed by atoms with van der Waals surface area (Å²) < 4.78 is 116. The van der Waals surface area contributed by atoms with Crippen LogP contribution in [0.5, 0.6) is 0 Å². The Labute approximate surface area is 511 Å². The first-order valence-electron chi connectivity index (χ1n) is 28.8. The van der Waals surface area contributed by atoms with Crippen molar-refractivity contribution >= 4 is 89.7 Å². The molecule has 17 nitrogen and oxygen atoms in total. The minimum absolute atomic E-state index is 0.00787.